The van der Waals surface area contributed by atoms with Crippen LogP contribution in [0.1, 0.15) is 11.4 Å². The topological polar surface area (TPSA) is 46.0 Å². The first-order chi connectivity index (χ1) is 11.5. The number of hydrogen-bond donors (Lipinski definition) is 1. The molecule has 0 spiro atoms. The van der Waals surface area contributed by atoms with Crippen LogP contribution in [-0.4, -0.2) is 15.1 Å². The number of rotatable bonds is 0. The summed E-state index contributed by atoms with van der Waals surface area (Å²) in [7, 11) is 0. The molecule has 2 heterocycles. The second-order valence-corrected chi connectivity index (χ2v) is 6.01. The molecule has 0 amide bonds. The van der Waals surface area contributed by atoms with Crippen molar-refractivity contribution in [2.24, 2.45) is 0 Å². The third kappa shape index (κ3) is 3.63. The summed E-state index contributed by atoms with van der Waals surface area (Å²) in [5, 5.41) is 12.2. The van der Waals surface area contributed by atoms with E-state index >= 15 is 0 Å². The van der Waals surface area contributed by atoms with Crippen LogP contribution in [0.3, 0.4) is 0 Å². The van der Waals surface area contributed by atoms with Gasteiger partial charge < -0.3 is 5.11 Å². The van der Waals surface area contributed by atoms with E-state index in [1.165, 1.54) is 0 Å². The van der Waals surface area contributed by atoms with Crippen molar-refractivity contribution in [2.45, 2.75) is 13.8 Å². The van der Waals surface area contributed by atoms with Crippen LogP contribution in [0.4, 0.5) is 0 Å². The molecule has 0 aliphatic rings. The number of aromatic hydroxyl groups is 1. The molecule has 2 aromatic carbocycles. The maximum absolute atomic E-state index is 9.35. The van der Waals surface area contributed by atoms with Crippen molar-refractivity contribution < 1.29 is 5.11 Å². The highest BCUT2D eigenvalue weighted by atomic mass is 35.5. The monoisotopic (exact) mass is 336 g/mol. The van der Waals surface area contributed by atoms with E-state index in [0.29, 0.717) is 5.69 Å². The summed E-state index contributed by atoms with van der Waals surface area (Å²) >= 11 is 5.83. The van der Waals surface area contributed by atoms with E-state index in [4.69, 9.17) is 11.6 Å². The first-order valence-corrected chi connectivity index (χ1v) is 7.99. The van der Waals surface area contributed by atoms with Gasteiger partial charge in [-0.1, -0.05) is 35.9 Å². The minimum absolute atomic E-state index is 0.258. The van der Waals surface area contributed by atoms with Crippen molar-refractivity contribution in [1.82, 2.24) is 9.97 Å². The average Bonchev–Trinajstić information content (AvgIpc) is 2.57. The van der Waals surface area contributed by atoms with Gasteiger partial charge >= 0.3 is 0 Å². The molecule has 4 heteroatoms. The first kappa shape index (κ1) is 16.2. The molecule has 4 rings (SSSR count). The Balaban J connectivity index is 0.000000141. The van der Waals surface area contributed by atoms with Gasteiger partial charge in [-0.3, -0.25) is 4.98 Å². The van der Waals surface area contributed by atoms with Crippen LogP contribution in [0.2, 0.25) is 5.02 Å². The molecule has 0 atom stereocenters. The van der Waals surface area contributed by atoms with Crippen molar-refractivity contribution in [3.8, 4) is 5.75 Å². The molecular formula is C20H17ClN2O. The predicted molar refractivity (Wildman–Crippen MR) is 99.6 cm³/mol. The number of pyridine rings is 2. The lowest BCUT2D eigenvalue weighted by Crippen LogP contribution is -1.83. The SMILES string of the molecule is Cc1ccc2cc(Cl)ccc2n1.Cc1nc2ccccc2cc1O. The van der Waals surface area contributed by atoms with Gasteiger partial charge in [0.15, 0.2) is 0 Å². The third-order valence-corrected chi connectivity index (χ3v) is 3.91. The maximum Gasteiger partial charge on any atom is 0.137 e. The second-order valence-electron chi connectivity index (χ2n) is 5.58. The van der Waals surface area contributed by atoms with Gasteiger partial charge in [0.05, 0.1) is 16.7 Å². The molecule has 0 aliphatic carbocycles. The zero-order valence-electron chi connectivity index (χ0n) is 13.5. The Morgan fingerprint density at radius 3 is 2.33 bits per heavy atom. The molecule has 0 fully saturated rings. The highest BCUT2D eigenvalue weighted by Gasteiger charge is 1.99. The minimum atomic E-state index is 0.258. The molecule has 0 bridgehead atoms. The lowest BCUT2D eigenvalue weighted by molar-refractivity contribution is 0.469. The van der Waals surface area contributed by atoms with Gasteiger partial charge in [0, 0.05) is 21.5 Å². The fraction of sp³-hybridized carbons (Fsp3) is 0.100. The molecule has 0 saturated carbocycles. The lowest BCUT2D eigenvalue weighted by atomic mass is 10.2. The van der Waals surface area contributed by atoms with Crippen LogP contribution in [0.25, 0.3) is 21.8 Å². The summed E-state index contributed by atoms with van der Waals surface area (Å²) in [4.78, 5) is 8.58. The molecule has 3 nitrogen and oxygen atoms in total. The number of aryl methyl sites for hydroxylation is 2. The molecule has 0 aliphatic heterocycles. The number of nitrogens with zero attached hydrogens (tertiary/aromatic N) is 2. The van der Waals surface area contributed by atoms with E-state index in [0.717, 1.165) is 32.5 Å². The molecule has 0 radical (unpaired) electrons. The molecule has 4 aromatic rings. The summed E-state index contributed by atoms with van der Waals surface area (Å²) in [6.07, 6.45) is 0. The predicted octanol–water partition coefficient (Wildman–Crippen LogP) is 5.45. The molecule has 2 aromatic heterocycles. The van der Waals surface area contributed by atoms with Gasteiger partial charge in [0.2, 0.25) is 0 Å². The van der Waals surface area contributed by atoms with Gasteiger partial charge in [-0.2, -0.15) is 0 Å². The van der Waals surface area contributed by atoms with Crippen molar-refractivity contribution in [1.29, 1.82) is 0 Å². The van der Waals surface area contributed by atoms with Crippen LogP contribution in [0.15, 0.2) is 60.7 Å². The Hall–Kier alpha value is -2.65. The highest BCUT2D eigenvalue weighted by molar-refractivity contribution is 6.31. The second kappa shape index (κ2) is 6.85. The van der Waals surface area contributed by atoms with Crippen LogP contribution in [-0.2, 0) is 0 Å². The smallest absolute Gasteiger partial charge is 0.137 e. The largest absolute Gasteiger partial charge is 0.506 e. The summed E-state index contributed by atoms with van der Waals surface area (Å²) in [5.41, 5.74) is 3.63. The Labute approximate surface area is 145 Å². The number of halogens is 1. The van der Waals surface area contributed by atoms with Crippen LogP contribution < -0.4 is 0 Å². The van der Waals surface area contributed by atoms with Crippen LogP contribution in [0.5, 0.6) is 5.75 Å². The maximum atomic E-state index is 9.35. The van der Waals surface area contributed by atoms with Crippen molar-refractivity contribution in [2.75, 3.05) is 0 Å². The Kier molecular flexibility index (Phi) is 4.63. The normalized spacial score (nSPS) is 10.5. The fourth-order valence-electron chi connectivity index (χ4n) is 2.40. The molecular weight excluding hydrogens is 320 g/mol. The Bertz CT molecular complexity index is 932. The number of aromatic nitrogens is 2. The summed E-state index contributed by atoms with van der Waals surface area (Å²) in [6, 6.07) is 19.2. The number of hydrogen-bond acceptors (Lipinski definition) is 3. The molecule has 1 N–H and O–H groups in total. The summed E-state index contributed by atoms with van der Waals surface area (Å²) in [5.74, 6) is 0.258. The lowest BCUT2D eigenvalue weighted by Gasteiger charge is -2.00. The van der Waals surface area contributed by atoms with Crippen molar-refractivity contribution in [3.05, 3.63) is 77.1 Å². The highest BCUT2D eigenvalue weighted by Crippen LogP contribution is 2.20. The van der Waals surface area contributed by atoms with Gasteiger partial charge in [-0.25, -0.2) is 4.98 Å². The third-order valence-electron chi connectivity index (χ3n) is 3.68. The van der Waals surface area contributed by atoms with Crippen molar-refractivity contribution >= 4 is 33.4 Å². The standard InChI is InChI=1S/C10H8ClN.C10H9NO/c1-7-2-3-8-6-9(11)4-5-10(8)12-7;1-7-10(12)6-8-4-2-3-5-9(8)11-7/h2-6H,1H3;2-6,12H,1H3. The summed E-state index contributed by atoms with van der Waals surface area (Å²) in [6.45, 7) is 3.77. The van der Waals surface area contributed by atoms with Crippen LogP contribution >= 0.6 is 11.6 Å². The Morgan fingerprint density at radius 2 is 1.50 bits per heavy atom. The van der Waals surface area contributed by atoms with E-state index in [-0.39, 0.29) is 5.75 Å². The van der Waals surface area contributed by atoms with E-state index in [1.54, 1.807) is 13.0 Å². The molecule has 120 valence electrons. The van der Waals surface area contributed by atoms with Gasteiger partial charge in [-0.05, 0) is 50.2 Å². The summed E-state index contributed by atoms with van der Waals surface area (Å²) < 4.78 is 0. The zero-order valence-corrected chi connectivity index (χ0v) is 14.2. The molecule has 0 saturated heterocycles. The zero-order chi connectivity index (χ0) is 17.1. The van der Waals surface area contributed by atoms with Crippen LogP contribution in [0, 0.1) is 13.8 Å². The van der Waals surface area contributed by atoms with E-state index in [2.05, 4.69) is 9.97 Å². The minimum Gasteiger partial charge on any atom is -0.506 e. The molecule has 0 unspecified atom stereocenters. The number of fused-ring (bicyclic) bond motifs is 2. The first-order valence-electron chi connectivity index (χ1n) is 7.61. The molecule has 24 heavy (non-hydrogen) atoms. The van der Waals surface area contributed by atoms with E-state index in [9.17, 15) is 5.11 Å². The quantitative estimate of drug-likeness (QED) is 0.464. The van der Waals surface area contributed by atoms with Gasteiger partial charge in [0.1, 0.15) is 5.75 Å². The number of para-hydroxylation sites is 1. The average molecular weight is 337 g/mol. The van der Waals surface area contributed by atoms with Gasteiger partial charge in [-0.15, -0.1) is 0 Å². The van der Waals surface area contributed by atoms with E-state index in [1.807, 2.05) is 61.5 Å². The van der Waals surface area contributed by atoms with E-state index < -0.39 is 0 Å². The Morgan fingerprint density at radius 1 is 0.792 bits per heavy atom. The fourth-order valence-corrected chi connectivity index (χ4v) is 2.58. The van der Waals surface area contributed by atoms with Crippen molar-refractivity contribution in [3.63, 3.8) is 0 Å². The number of benzene rings is 2. The van der Waals surface area contributed by atoms with Gasteiger partial charge in [0.25, 0.3) is 0 Å².